The van der Waals surface area contributed by atoms with Gasteiger partial charge in [0.15, 0.2) is 0 Å². The molecular weight excluding hydrogens is 236 g/mol. The first-order chi connectivity index (χ1) is 9.15. The third kappa shape index (κ3) is 3.57. The monoisotopic (exact) mass is 260 g/mol. The fraction of sp³-hybridized carbons (Fsp3) is 0.562. The lowest BCUT2D eigenvalue weighted by Crippen LogP contribution is -2.35. The van der Waals surface area contributed by atoms with Crippen molar-refractivity contribution >= 4 is 5.91 Å². The van der Waals surface area contributed by atoms with Gasteiger partial charge in [-0.25, -0.2) is 0 Å². The summed E-state index contributed by atoms with van der Waals surface area (Å²) >= 11 is 0. The van der Waals surface area contributed by atoms with Gasteiger partial charge in [-0.3, -0.25) is 4.79 Å². The van der Waals surface area contributed by atoms with Crippen LogP contribution in [0.5, 0.6) is 0 Å². The van der Waals surface area contributed by atoms with E-state index in [-0.39, 0.29) is 11.3 Å². The molecule has 1 aromatic rings. The van der Waals surface area contributed by atoms with Crippen LogP contribution >= 0.6 is 0 Å². The number of amides is 1. The van der Waals surface area contributed by atoms with Gasteiger partial charge in [-0.2, -0.15) is 0 Å². The Labute approximate surface area is 116 Å². The van der Waals surface area contributed by atoms with Gasteiger partial charge in [-0.05, 0) is 51.9 Å². The summed E-state index contributed by atoms with van der Waals surface area (Å²) in [7, 11) is 4.15. The van der Waals surface area contributed by atoms with Crippen molar-refractivity contribution in [3.8, 4) is 0 Å². The standard InChI is InChI=1S/C16H24N2O/c1-18(2)13-7-6-12-17-15(19)16(10-11-16)14-8-4-3-5-9-14/h3-5,8-9H,6-7,10-13H2,1-2H3,(H,17,19). The Morgan fingerprint density at radius 2 is 1.89 bits per heavy atom. The molecule has 0 aliphatic heterocycles. The van der Waals surface area contributed by atoms with Crippen molar-refractivity contribution in [3.05, 3.63) is 35.9 Å². The number of unbranched alkanes of at least 4 members (excludes halogenated alkanes) is 1. The summed E-state index contributed by atoms with van der Waals surface area (Å²) in [4.78, 5) is 14.5. The van der Waals surface area contributed by atoms with Crippen molar-refractivity contribution in [1.82, 2.24) is 10.2 Å². The van der Waals surface area contributed by atoms with Crippen LogP contribution in [-0.2, 0) is 10.2 Å². The van der Waals surface area contributed by atoms with Crippen molar-refractivity contribution in [2.45, 2.75) is 31.1 Å². The van der Waals surface area contributed by atoms with Crippen LogP contribution in [0.4, 0.5) is 0 Å². The lowest BCUT2D eigenvalue weighted by molar-refractivity contribution is -0.123. The molecule has 3 heteroatoms. The zero-order valence-electron chi connectivity index (χ0n) is 12.0. The number of carbonyl (C=O) groups excluding carboxylic acids is 1. The highest BCUT2D eigenvalue weighted by molar-refractivity contribution is 5.91. The average molecular weight is 260 g/mol. The Bertz CT molecular complexity index is 410. The largest absolute Gasteiger partial charge is 0.355 e. The Hall–Kier alpha value is -1.35. The van der Waals surface area contributed by atoms with Gasteiger partial charge in [-0.15, -0.1) is 0 Å². The molecule has 0 unspecified atom stereocenters. The van der Waals surface area contributed by atoms with Gasteiger partial charge in [-0.1, -0.05) is 30.3 Å². The van der Waals surface area contributed by atoms with Gasteiger partial charge in [0, 0.05) is 6.54 Å². The van der Waals surface area contributed by atoms with Crippen molar-refractivity contribution in [1.29, 1.82) is 0 Å². The van der Waals surface area contributed by atoms with E-state index in [2.05, 4.69) is 36.4 Å². The van der Waals surface area contributed by atoms with E-state index in [1.165, 1.54) is 5.56 Å². The minimum atomic E-state index is -0.219. The molecule has 1 aromatic carbocycles. The summed E-state index contributed by atoms with van der Waals surface area (Å²) < 4.78 is 0. The zero-order chi connectivity index (χ0) is 13.7. The average Bonchev–Trinajstić information content (AvgIpc) is 3.20. The minimum Gasteiger partial charge on any atom is -0.355 e. The normalized spacial score (nSPS) is 16.4. The van der Waals surface area contributed by atoms with Crippen LogP contribution in [0, 0.1) is 0 Å². The van der Waals surface area contributed by atoms with Gasteiger partial charge in [0.05, 0.1) is 5.41 Å². The van der Waals surface area contributed by atoms with Gasteiger partial charge in [0.25, 0.3) is 0 Å². The maximum Gasteiger partial charge on any atom is 0.230 e. The lowest BCUT2D eigenvalue weighted by atomic mass is 9.95. The molecule has 104 valence electrons. The second kappa shape index (κ2) is 6.20. The molecule has 0 aromatic heterocycles. The van der Waals surface area contributed by atoms with Gasteiger partial charge in [0.2, 0.25) is 5.91 Å². The van der Waals surface area contributed by atoms with E-state index in [1.807, 2.05) is 18.2 Å². The Kier molecular flexibility index (Phi) is 4.59. The molecule has 1 aliphatic rings. The summed E-state index contributed by atoms with van der Waals surface area (Å²) in [6, 6.07) is 10.2. The van der Waals surface area contributed by atoms with E-state index in [1.54, 1.807) is 0 Å². The summed E-state index contributed by atoms with van der Waals surface area (Å²) in [5.74, 6) is 0.212. The van der Waals surface area contributed by atoms with E-state index in [9.17, 15) is 4.79 Å². The second-order valence-corrected chi connectivity index (χ2v) is 5.71. The molecule has 19 heavy (non-hydrogen) atoms. The summed E-state index contributed by atoms with van der Waals surface area (Å²) in [6.45, 7) is 1.88. The van der Waals surface area contributed by atoms with Crippen molar-refractivity contribution in [2.75, 3.05) is 27.2 Å². The second-order valence-electron chi connectivity index (χ2n) is 5.71. The lowest BCUT2D eigenvalue weighted by Gasteiger charge is -2.16. The smallest absolute Gasteiger partial charge is 0.230 e. The van der Waals surface area contributed by atoms with E-state index < -0.39 is 0 Å². The Balaban J connectivity index is 1.78. The van der Waals surface area contributed by atoms with Crippen molar-refractivity contribution in [3.63, 3.8) is 0 Å². The number of nitrogens with zero attached hydrogens (tertiary/aromatic N) is 1. The molecule has 0 radical (unpaired) electrons. The van der Waals surface area contributed by atoms with Crippen LogP contribution in [-0.4, -0.2) is 38.0 Å². The molecule has 0 atom stereocenters. The number of nitrogens with one attached hydrogen (secondary N) is 1. The molecular formula is C16H24N2O. The zero-order valence-corrected chi connectivity index (χ0v) is 12.0. The molecule has 0 saturated heterocycles. The topological polar surface area (TPSA) is 32.3 Å². The number of hydrogen-bond acceptors (Lipinski definition) is 2. The van der Waals surface area contributed by atoms with Crippen molar-refractivity contribution < 1.29 is 4.79 Å². The highest BCUT2D eigenvalue weighted by Gasteiger charge is 2.50. The Morgan fingerprint density at radius 3 is 2.47 bits per heavy atom. The fourth-order valence-electron chi connectivity index (χ4n) is 2.45. The molecule has 1 N–H and O–H groups in total. The molecule has 1 fully saturated rings. The minimum absolute atomic E-state index is 0.212. The summed E-state index contributed by atoms with van der Waals surface area (Å²) in [5, 5.41) is 3.10. The predicted molar refractivity (Wildman–Crippen MR) is 78.2 cm³/mol. The number of rotatable bonds is 7. The Morgan fingerprint density at radius 1 is 1.21 bits per heavy atom. The molecule has 0 spiro atoms. The van der Waals surface area contributed by atoms with Crippen LogP contribution in [0.1, 0.15) is 31.2 Å². The molecule has 0 heterocycles. The maximum absolute atomic E-state index is 12.3. The molecule has 1 aliphatic carbocycles. The predicted octanol–water partition coefficient (Wildman–Crippen LogP) is 2.18. The maximum atomic E-state index is 12.3. The number of carbonyl (C=O) groups is 1. The number of hydrogen-bond donors (Lipinski definition) is 1. The first-order valence-corrected chi connectivity index (χ1v) is 7.14. The highest BCUT2D eigenvalue weighted by Crippen LogP contribution is 2.48. The third-order valence-corrected chi connectivity index (χ3v) is 3.83. The summed E-state index contributed by atoms with van der Waals surface area (Å²) in [6.07, 6.45) is 4.15. The molecule has 2 rings (SSSR count). The quantitative estimate of drug-likeness (QED) is 0.762. The highest BCUT2D eigenvalue weighted by atomic mass is 16.2. The van der Waals surface area contributed by atoms with Gasteiger partial charge < -0.3 is 10.2 Å². The van der Waals surface area contributed by atoms with E-state index in [0.29, 0.717) is 0 Å². The van der Waals surface area contributed by atoms with E-state index in [4.69, 9.17) is 0 Å². The molecule has 3 nitrogen and oxygen atoms in total. The molecule has 1 saturated carbocycles. The molecule has 1 amide bonds. The summed E-state index contributed by atoms with van der Waals surface area (Å²) in [5.41, 5.74) is 0.948. The van der Waals surface area contributed by atoms with Crippen LogP contribution in [0.3, 0.4) is 0 Å². The van der Waals surface area contributed by atoms with E-state index in [0.717, 1.165) is 38.8 Å². The third-order valence-electron chi connectivity index (χ3n) is 3.83. The van der Waals surface area contributed by atoms with Crippen LogP contribution in [0.15, 0.2) is 30.3 Å². The molecule has 0 bridgehead atoms. The SMILES string of the molecule is CN(C)CCCCNC(=O)C1(c2ccccc2)CC1. The van der Waals surface area contributed by atoms with Gasteiger partial charge in [0.1, 0.15) is 0 Å². The van der Waals surface area contributed by atoms with Crippen LogP contribution in [0.2, 0.25) is 0 Å². The first kappa shape index (κ1) is 14.1. The fourth-order valence-corrected chi connectivity index (χ4v) is 2.45. The number of benzene rings is 1. The van der Waals surface area contributed by atoms with Gasteiger partial charge >= 0.3 is 0 Å². The van der Waals surface area contributed by atoms with E-state index >= 15 is 0 Å². The first-order valence-electron chi connectivity index (χ1n) is 7.14. The van der Waals surface area contributed by atoms with Crippen LogP contribution in [0.25, 0.3) is 0 Å². The van der Waals surface area contributed by atoms with Crippen molar-refractivity contribution in [2.24, 2.45) is 0 Å². The van der Waals surface area contributed by atoms with Crippen LogP contribution < -0.4 is 5.32 Å².